The molecular formula is C13H13F3O3. The molecule has 0 aliphatic carbocycles. The predicted molar refractivity (Wildman–Crippen MR) is 61.3 cm³/mol. The van der Waals surface area contributed by atoms with Crippen LogP contribution in [0.1, 0.15) is 37.0 Å². The smallest absolute Gasteiger partial charge is 0.303 e. The van der Waals surface area contributed by atoms with Crippen LogP contribution >= 0.6 is 0 Å². The number of carbonyl (C=O) groups is 2. The van der Waals surface area contributed by atoms with Crippen molar-refractivity contribution in [1.29, 1.82) is 0 Å². The van der Waals surface area contributed by atoms with Crippen LogP contribution in [0.5, 0.6) is 0 Å². The Bertz CT molecular complexity index is 524. The summed E-state index contributed by atoms with van der Waals surface area (Å²) in [7, 11) is 0. The summed E-state index contributed by atoms with van der Waals surface area (Å²) in [6.45, 7) is 3.05. The molecule has 3 nitrogen and oxygen atoms in total. The Balaban J connectivity index is 2.96. The maximum Gasteiger partial charge on any atom is 0.303 e. The van der Waals surface area contributed by atoms with Gasteiger partial charge in [0.1, 0.15) is 5.82 Å². The van der Waals surface area contributed by atoms with E-state index in [1.807, 2.05) is 0 Å². The van der Waals surface area contributed by atoms with Crippen LogP contribution in [-0.4, -0.2) is 16.9 Å². The van der Waals surface area contributed by atoms with Gasteiger partial charge in [-0.05, 0) is 11.5 Å². The number of carboxylic acid groups (broad SMARTS) is 1. The molecule has 0 aromatic heterocycles. The minimum atomic E-state index is -1.38. The molecule has 0 heterocycles. The van der Waals surface area contributed by atoms with Crippen molar-refractivity contribution >= 4 is 11.8 Å². The van der Waals surface area contributed by atoms with Gasteiger partial charge in [-0.2, -0.15) is 0 Å². The van der Waals surface area contributed by atoms with Gasteiger partial charge >= 0.3 is 5.97 Å². The van der Waals surface area contributed by atoms with Crippen molar-refractivity contribution in [2.45, 2.75) is 26.7 Å². The molecule has 1 aromatic carbocycles. The van der Waals surface area contributed by atoms with Crippen LogP contribution in [-0.2, 0) is 4.79 Å². The zero-order chi connectivity index (χ0) is 14.8. The standard InChI is InChI=1S/C13H13F3O3/c1-13(2,6-12(18)19)5-11(17)7-3-9(15)10(16)4-8(7)14/h3-4H,5-6H2,1-2H3,(H,18,19). The van der Waals surface area contributed by atoms with Gasteiger partial charge in [-0.1, -0.05) is 13.8 Å². The summed E-state index contributed by atoms with van der Waals surface area (Å²) in [5.74, 6) is -5.71. The van der Waals surface area contributed by atoms with Gasteiger partial charge < -0.3 is 5.11 Å². The van der Waals surface area contributed by atoms with E-state index >= 15 is 0 Å². The Morgan fingerprint density at radius 2 is 1.58 bits per heavy atom. The molecule has 0 fully saturated rings. The van der Waals surface area contributed by atoms with Crippen LogP contribution in [0, 0.1) is 22.9 Å². The minimum absolute atomic E-state index is 0.276. The number of carboxylic acids is 1. The first-order valence-electron chi connectivity index (χ1n) is 5.52. The number of benzene rings is 1. The first kappa shape index (κ1) is 15.2. The highest BCUT2D eigenvalue weighted by Gasteiger charge is 2.27. The van der Waals surface area contributed by atoms with Crippen LogP contribution in [0.3, 0.4) is 0 Å². The largest absolute Gasteiger partial charge is 0.481 e. The summed E-state index contributed by atoms with van der Waals surface area (Å²) < 4.78 is 39.1. The molecule has 0 radical (unpaired) electrons. The van der Waals surface area contributed by atoms with Gasteiger partial charge in [0.25, 0.3) is 0 Å². The molecule has 1 aromatic rings. The van der Waals surface area contributed by atoms with E-state index in [2.05, 4.69) is 0 Å². The summed E-state index contributed by atoms with van der Waals surface area (Å²) in [6.07, 6.45) is -0.564. The summed E-state index contributed by atoms with van der Waals surface area (Å²) in [5, 5.41) is 8.67. The van der Waals surface area contributed by atoms with Gasteiger partial charge in [0.2, 0.25) is 0 Å². The van der Waals surface area contributed by atoms with Crippen molar-refractivity contribution in [2.75, 3.05) is 0 Å². The molecule has 6 heteroatoms. The summed E-state index contributed by atoms with van der Waals surface area (Å²) in [6, 6.07) is 0.788. The Morgan fingerprint density at radius 1 is 1.05 bits per heavy atom. The van der Waals surface area contributed by atoms with Crippen LogP contribution in [0.15, 0.2) is 12.1 Å². The SMILES string of the molecule is CC(C)(CC(=O)O)CC(=O)c1cc(F)c(F)cc1F. The van der Waals surface area contributed by atoms with E-state index in [9.17, 15) is 22.8 Å². The Morgan fingerprint density at radius 3 is 2.11 bits per heavy atom. The van der Waals surface area contributed by atoms with Crippen molar-refractivity contribution in [1.82, 2.24) is 0 Å². The molecule has 0 unspecified atom stereocenters. The molecule has 0 saturated carbocycles. The van der Waals surface area contributed by atoms with Gasteiger partial charge in [-0.25, -0.2) is 13.2 Å². The molecule has 0 aliphatic rings. The topological polar surface area (TPSA) is 54.4 Å². The maximum atomic E-state index is 13.4. The number of hydrogen-bond acceptors (Lipinski definition) is 2. The summed E-state index contributed by atoms with van der Waals surface area (Å²) in [5.41, 5.74) is -1.47. The van der Waals surface area contributed by atoms with Crippen LogP contribution in [0.2, 0.25) is 0 Å². The highest BCUT2D eigenvalue weighted by Crippen LogP contribution is 2.28. The van der Waals surface area contributed by atoms with Crippen LogP contribution < -0.4 is 0 Å². The third-order valence-corrected chi connectivity index (χ3v) is 2.58. The Kier molecular flexibility index (Phi) is 4.34. The fourth-order valence-electron chi connectivity index (χ4n) is 1.74. The maximum absolute atomic E-state index is 13.4. The normalized spacial score (nSPS) is 11.4. The fourth-order valence-corrected chi connectivity index (χ4v) is 1.74. The molecular weight excluding hydrogens is 261 g/mol. The number of ketones is 1. The number of rotatable bonds is 5. The van der Waals surface area contributed by atoms with Crippen LogP contribution in [0.25, 0.3) is 0 Å². The predicted octanol–water partition coefficient (Wildman–Crippen LogP) is 3.18. The third-order valence-electron chi connectivity index (χ3n) is 2.58. The zero-order valence-corrected chi connectivity index (χ0v) is 10.5. The van der Waals surface area contributed by atoms with E-state index < -0.39 is 40.2 Å². The van der Waals surface area contributed by atoms with E-state index in [1.165, 1.54) is 13.8 Å². The molecule has 0 aliphatic heterocycles. The van der Waals surface area contributed by atoms with E-state index in [0.717, 1.165) is 0 Å². The quantitative estimate of drug-likeness (QED) is 0.662. The molecule has 1 N–H and O–H groups in total. The second-order valence-corrected chi connectivity index (χ2v) is 5.08. The summed E-state index contributed by atoms with van der Waals surface area (Å²) >= 11 is 0. The summed E-state index contributed by atoms with van der Waals surface area (Å²) in [4.78, 5) is 22.4. The Hall–Kier alpha value is -1.85. The van der Waals surface area contributed by atoms with Crippen molar-refractivity contribution in [3.8, 4) is 0 Å². The molecule has 0 saturated heterocycles. The second kappa shape index (κ2) is 5.42. The van der Waals surface area contributed by atoms with Crippen molar-refractivity contribution < 1.29 is 27.9 Å². The molecule has 1 rings (SSSR count). The third kappa shape index (κ3) is 4.08. The number of halogens is 3. The van der Waals surface area contributed by atoms with Gasteiger partial charge in [-0.3, -0.25) is 9.59 Å². The van der Waals surface area contributed by atoms with Gasteiger partial charge in [-0.15, -0.1) is 0 Å². The first-order chi connectivity index (χ1) is 8.62. The Labute approximate surface area is 108 Å². The lowest BCUT2D eigenvalue weighted by Crippen LogP contribution is -2.21. The highest BCUT2D eigenvalue weighted by molar-refractivity contribution is 5.97. The van der Waals surface area contributed by atoms with Crippen molar-refractivity contribution in [3.05, 3.63) is 35.1 Å². The van der Waals surface area contributed by atoms with Crippen molar-refractivity contribution in [3.63, 3.8) is 0 Å². The highest BCUT2D eigenvalue weighted by atomic mass is 19.2. The number of aliphatic carboxylic acids is 1. The molecule has 0 spiro atoms. The molecule has 19 heavy (non-hydrogen) atoms. The van der Waals surface area contributed by atoms with E-state index in [1.54, 1.807) is 0 Å². The lowest BCUT2D eigenvalue weighted by atomic mass is 9.82. The first-order valence-corrected chi connectivity index (χ1v) is 5.52. The van der Waals surface area contributed by atoms with Crippen LogP contribution in [0.4, 0.5) is 13.2 Å². The number of Topliss-reactive ketones (excluding diaryl/α,β-unsaturated/α-hetero) is 1. The molecule has 104 valence electrons. The monoisotopic (exact) mass is 274 g/mol. The van der Waals surface area contributed by atoms with E-state index in [-0.39, 0.29) is 12.8 Å². The van der Waals surface area contributed by atoms with Gasteiger partial charge in [0.15, 0.2) is 17.4 Å². The average molecular weight is 274 g/mol. The lowest BCUT2D eigenvalue weighted by Gasteiger charge is -2.21. The number of hydrogen-bond donors (Lipinski definition) is 1. The van der Waals surface area contributed by atoms with Crippen molar-refractivity contribution in [2.24, 2.45) is 5.41 Å². The van der Waals surface area contributed by atoms with Gasteiger partial charge in [0, 0.05) is 12.5 Å². The number of carbonyl (C=O) groups excluding carboxylic acids is 1. The molecule has 0 atom stereocenters. The molecule has 0 bridgehead atoms. The fraction of sp³-hybridized carbons (Fsp3) is 0.385. The van der Waals surface area contributed by atoms with Gasteiger partial charge in [0.05, 0.1) is 12.0 Å². The average Bonchev–Trinajstić information content (AvgIpc) is 2.20. The zero-order valence-electron chi connectivity index (χ0n) is 10.5. The lowest BCUT2D eigenvalue weighted by molar-refractivity contribution is -0.139. The second-order valence-electron chi connectivity index (χ2n) is 5.08. The van der Waals surface area contributed by atoms with E-state index in [4.69, 9.17) is 5.11 Å². The van der Waals surface area contributed by atoms with E-state index in [0.29, 0.717) is 12.1 Å². The minimum Gasteiger partial charge on any atom is -0.481 e. The molecule has 0 amide bonds.